The third kappa shape index (κ3) is 4.90. The van der Waals surface area contributed by atoms with Gasteiger partial charge in [0.25, 0.3) is 5.91 Å². The predicted molar refractivity (Wildman–Crippen MR) is 82.7 cm³/mol. The molecule has 116 valence electrons. The van der Waals surface area contributed by atoms with Gasteiger partial charge in [0.1, 0.15) is 5.75 Å². The monoisotopic (exact) mass is 311 g/mol. The molecule has 0 aromatic heterocycles. The third-order valence-electron chi connectivity index (χ3n) is 3.90. The van der Waals surface area contributed by atoms with Gasteiger partial charge >= 0.3 is 0 Å². The lowest BCUT2D eigenvalue weighted by atomic mass is 9.85. The van der Waals surface area contributed by atoms with E-state index >= 15 is 0 Å². The van der Waals surface area contributed by atoms with Gasteiger partial charge in [0.05, 0.1) is 5.60 Å². The number of ether oxygens (including phenoxy) is 1. The van der Waals surface area contributed by atoms with Crippen molar-refractivity contribution in [2.75, 3.05) is 13.2 Å². The summed E-state index contributed by atoms with van der Waals surface area (Å²) in [5.74, 6) is 0.394. The molecule has 0 atom stereocenters. The van der Waals surface area contributed by atoms with Crippen LogP contribution in [0.1, 0.15) is 37.7 Å². The van der Waals surface area contributed by atoms with Crippen LogP contribution < -0.4 is 10.1 Å². The Labute approximate surface area is 130 Å². The first-order chi connectivity index (χ1) is 9.98. The highest BCUT2D eigenvalue weighted by atomic mass is 35.5. The molecule has 1 fully saturated rings. The average Bonchev–Trinajstić information content (AvgIpc) is 2.47. The summed E-state index contributed by atoms with van der Waals surface area (Å²) in [6.45, 7) is 2.12. The molecule has 2 rings (SSSR count). The van der Waals surface area contributed by atoms with Crippen molar-refractivity contribution in [2.24, 2.45) is 0 Å². The van der Waals surface area contributed by atoms with Crippen LogP contribution >= 0.6 is 11.6 Å². The minimum absolute atomic E-state index is 0.0584. The van der Waals surface area contributed by atoms with Crippen molar-refractivity contribution < 1.29 is 14.6 Å². The lowest BCUT2D eigenvalue weighted by Gasteiger charge is -2.32. The van der Waals surface area contributed by atoms with E-state index in [1.165, 1.54) is 0 Å². The lowest BCUT2D eigenvalue weighted by Crippen LogP contribution is -2.45. The summed E-state index contributed by atoms with van der Waals surface area (Å²) in [5.41, 5.74) is 0.163. The number of hydrogen-bond acceptors (Lipinski definition) is 3. The predicted octanol–water partition coefficient (Wildman–Crippen LogP) is 2.84. The fourth-order valence-electron chi connectivity index (χ4n) is 2.56. The minimum atomic E-state index is -0.745. The van der Waals surface area contributed by atoms with Gasteiger partial charge in [-0.2, -0.15) is 0 Å². The quantitative estimate of drug-likeness (QED) is 0.879. The molecule has 1 amide bonds. The van der Waals surface area contributed by atoms with Crippen LogP contribution in [0.4, 0.5) is 0 Å². The number of aliphatic hydroxyl groups is 1. The molecule has 21 heavy (non-hydrogen) atoms. The van der Waals surface area contributed by atoms with Crippen LogP contribution in [0.3, 0.4) is 0 Å². The van der Waals surface area contributed by atoms with E-state index in [9.17, 15) is 9.90 Å². The fourth-order valence-corrected chi connectivity index (χ4v) is 2.67. The van der Waals surface area contributed by atoms with Crippen LogP contribution in [0.5, 0.6) is 5.75 Å². The summed E-state index contributed by atoms with van der Waals surface area (Å²) in [7, 11) is 0. The number of nitrogens with one attached hydrogen (secondary N) is 1. The summed E-state index contributed by atoms with van der Waals surface area (Å²) in [4.78, 5) is 11.8. The molecule has 0 unspecified atom stereocenters. The van der Waals surface area contributed by atoms with E-state index in [-0.39, 0.29) is 12.5 Å². The Balaban J connectivity index is 1.75. The van der Waals surface area contributed by atoms with Crippen molar-refractivity contribution in [3.63, 3.8) is 0 Å². The van der Waals surface area contributed by atoms with Crippen LogP contribution in [0.25, 0.3) is 0 Å². The van der Waals surface area contributed by atoms with Gasteiger partial charge in [-0.15, -0.1) is 0 Å². The van der Waals surface area contributed by atoms with Crippen molar-refractivity contribution >= 4 is 17.5 Å². The number of carbonyl (C=O) groups excluding carboxylic acids is 1. The number of halogens is 1. The molecule has 0 spiro atoms. The van der Waals surface area contributed by atoms with Crippen LogP contribution in [0, 0.1) is 6.92 Å². The first-order valence-corrected chi connectivity index (χ1v) is 7.74. The van der Waals surface area contributed by atoms with Gasteiger partial charge in [-0.1, -0.05) is 30.9 Å². The third-order valence-corrected chi connectivity index (χ3v) is 4.32. The molecular formula is C16H22ClNO3. The average molecular weight is 312 g/mol. The number of hydrogen-bond donors (Lipinski definition) is 2. The summed E-state index contributed by atoms with van der Waals surface area (Å²) in [5, 5.41) is 13.7. The number of amides is 1. The van der Waals surface area contributed by atoms with Crippen LogP contribution in [0.2, 0.25) is 5.02 Å². The Morgan fingerprint density at radius 3 is 2.76 bits per heavy atom. The molecule has 0 aliphatic heterocycles. The normalized spacial score (nSPS) is 17.3. The second-order valence-corrected chi connectivity index (χ2v) is 6.17. The molecule has 1 aliphatic carbocycles. The molecule has 1 aromatic carbocycles. The van der Waals surface area contributed by atoms with Gasteiger partial charge in [0.2, 0.25) is 0 Å². The number of benzene rings is 1. The van der Waals surface area contributed by atoms with Crippen molar-refractivity contribution in [2.45, 2.75) is 44.6 Å². The zero-order valence-corrected chi connectivity index (χ0v) is 13.1. The smallest absolute Gasteiger partial charge is 0.258 e. The number of rotatable bonds is 5. The van der Waals surface area contributed by atoms with E-state index in [2.05, 4.69) is 5.32 Å². The Morgan fingerprint density at radius 2 is 2.10 bits per heavy atom. The van der Waals surface area contributed by atoms with E-state index in [1.54, 1.807) is 18.2 Å². The lowest BCUT2D eigenvalue weighted by molar-refractivity contribution is -0.124. The Bertz CT molecular complexity index is 498. The molecule has 2 N–H and O–H groups in total. The fraction of sp³-hybridized carbons (Fsp3) is 0.562. The van der Waals surface area contributed by atoms with Gasteiger partial charge in [-0.3, -0.25) is 4.79 Å². The molecule has 4 nitrogen and oxygen atoms in total. The maximum atomic E-state index is 11.8. The standard InChI is InChI=1S/C16H22ClNO3/c1-12-9-13(5-6-14(12)17)21-10-15(19)18-11-16(20)7-3-2-4-8-16/h5-6,9,20H,2-4,7-8,10-11H2,1H3,(H,18,19). The second-order valence-electron chi connectivity index (χ2n) is 5.76. The summed E-state index contributed by atoms with van der Waals surface area (Å²) < 4.78 is 5.42. The van der Waals surface area contributed by atoms with Gasteiger partial charge in [-0.25, -0.2) is 0 Å². The van der Waals surface area contributed by atoms with E-state index in [4.69, 9.17) is 16.3 Å². The van der Waals surface area contributed by atoms with E-state index in [0.29, 0.717) is 17.3 Å². The van der Waals surface area contributed by atoms with Crippen LogP contribution in [-0.2, 0) is 4.79 Å². The van der Waals surface area contributed by atoms with Crippen molar-refractivity contribution in [3.05, 3.63) is 28.8 Å². The van der Waals surface area contributed by atoms with Crippen molar-refractivity contribution in [3.8, 4) is 5.75 Å². The minimum Gasteiger partial charge on any atom is -0.484 e. The van der Waals surface area contributed by atoms with Crippen LogP contribution in [-0.4, -0.2) is 29.8 Å². The Kier molecular flexibility index (Phi) is 5.48. The zero-order valence-electron chi connectivity index (χ0n) is 12.3. The molecule has 0 bridgehead atoms. The molecule has 0 radical (unpaired) electrons. The highest BCUT2D eigenvalue weighted by molar-refractivity contribution is 6.31. The molecule has 1 saturated carbocycles. The van der Waals surface area contributed by atoms with Crippen molar-refractivity contribution in [1.82, 2.24) is 5.32 Å². The van der Waals surface area contributed by atoms with Gasteiger partial charge < -0.3 is 15.2 Å². The maximum Gasteiger partial charge on any atom is 0.258 e. The van der Waals surface area contributed by atoms with Gasteiger partial charge in [0.15, 0.2) is 6.61 Å². The zero-order chi connectivity index (χ0) is 15.3. The topological polar surface area (TPSA) is 58.6 Å². The first-order valence-electron chi connectivity index (χ1n) is 7.37. The molecular weight excluding hydrogens is 290 g/mol. The molecule has 1 aromatic rings. The van der Waals surface area contributed by atoms with E-state index in [0.717, 1.165) is 37.7 Å². The Morgan fingerprint density at radius 1 is 1.38 bits per heavy atom. The number of aryl methyl sites for hydroxylation is 1. The van der Waals surface area contributed by atoms with E-state index < -0.39 is 5.60 Å². The van der Waals surface area contributed by atoms with E-state index in [1.807, 2.05) is 6.92 Å². The summed E-state index contributed by atoms with van der Waals surface area (Å²) in [6.07, 6.45) is 4.71. The Hall–Kier alpha value is -1.26. The summed E-state index contributed by atoms with van der Waals surface area (Å²) in [6, 6.07) is 5.27. The molecule has 5 heteroatoms. The molecule has 0 heterocycles. The second kappa shape index (κ2) is 7.14. The van der Waals surface area contributed by atoms with Gasteiger partial charge in [0, 0.05) is 11.6 Å². The first kappa shape index (κ1) is 16.1. The maximum absolute atomic E-state index is 11.8. The van der Waals surface area contributed by atoms with Gasteiger partial charge in [-0.05, 0) is 43.5 Å². The highest BCUT2D eigenvalue weighted by Gasteiger charge is 2.29. The van der Waals surface area contributed by atoms with Crippen molar-refractivity contribution in [1.29, 1.82) is 0 Å². The SMILES string of the molecule is Cc1cc(OCC(=O)NCC2(O)CCCCC2)ccc1Cl. The largest absolute Gasteiger partial charge is 0.484 e. The summed E-state index contributed by atoms with van der Waals surface area (Å²) >= 11 is 5.93. The molecule has 0 saturated heterocycles. The van der Waals surface area contributed by atoms with Crippen LogP contribution in [0.15, 0.2) is 18.2 Å². The highest BCUT2D eigenvalue weighted by Crippen LogP contribution is 2.27. The number of carbonyl (C=O) groups is 1. The molecule has 1 aliphatic rings.